The van der Waals surface area contributed by atoms with Crippen LogP contribution in [0.3, 0.4) is 0 Å². The fourth-order valence-electron chi connectivity index (χ4n) is 2.05. The molecule has 0 aromatic heterocycles. The van der Waals surface area contributed by atoms with Crippen LogP contribution in [0.25, 0.3) is 0 Å². The van der Waals surface area contributed by atoms with Gasteiger partial charge in [-0.25, -0.2) is 4.39 Å². The second-order valence-electron chi connectivity index (χ2n) is 5.51. The minimum atomic E-state index is -4.12. The highest BCUT2D eigenvalue weighted by Crippen LogP contribution is 2.22. The summed E-state index contributed by atoms with van der Waals surface area (Å²) in [6.45, 7) is 3.58. The highest BCUT2D eigenvalue weighted by Gasteiger charge is 2.25. The van der Waals surface area contributed by atoms with Crippen molar-refractivity contribution in [3.8, 4) is 5.75 Å². The van der Waals surface area contributed by atoms with Crippen molar-refractivity contribution in [3.05, 3.63) is 30.1 Å². The second-order valence-corrected chi connectivity index (χ2v) is 5.51. The molecule has 0 saturated carbocycles. The minimum absolute atomic E-state index is 0. The Labute approximate surface area is 169 Å². The zero-order valence-electron chi connectivity index (χ0n) is 15.0. The first-order valence-corrected chi connectivity index (χ1v) is 8.27. The lowest BCUT2D eigenvalue weighted by molar-refractivity contribution is -0.135. The monoisotopic (exact) mass is 491 g/mol. The molecule has 0 aliphatic heterocycles. The van der Waals surface area contributed by atoms with Crippen molar-refractivity contribution in [1.29, 1.82) is 0 Å². The molecule has 0 fully saturated rings. The quantitative estimate of drug-likeness (QED) is 0.182. The smallest absolute Gasteiger partial charge is 0.389 e. The zero-order valence-corrected chi connectivity index (χ0v) is 17.3. The third-order valence-electron chi connectivity index (χ3n) is 3.35. The van der Waals surface area contributed by atoms with E-state index in [1.54, 1.807) is 30.1 Å². The summed E-state index contributed by atoms with van der Waals surface area (Å²) in [4.78, 5) is 6.11. The van der Waals surface area contributed by atoms with Crippen molar-refractivity contribution in [2.24, 2.45) is 4.99 Å². The van der Waals surface area contributed by atoms with E-state index in [1.165, 1.54) is 6.07 Å². The van der Waals surface area contributed by atoms with Crippen LogP contribution in [0.5, 0.6) is 5.75 Å². The lowest BCUT2D eigenvalue weighted by atomic mass is 10.2. The number of para-hydroxylation sites is 1. The number of ether oxygens (including phenoxy) is 1. The standard InChI is InChI=1S/C17H25F4N3O.HI/c1-3-22-16(23-11-7-6-10-17(19,20)21)24(2)12-13-25-15-9-5-4-8-14(15)18;/h4-5,8-9H,3,6-7,10-13H2,1-2H3,(H,22,23);1H. The highest BCUT2D eigenvalue weighted by atomic mass is 127. The molecule has 0 aliphatic rings. The van der Waals surface area contributed by atoms with Crippen molar-refractivity contribution in [2.45, 2.75) is 32.4 Å². The molecule has 1 aromatic rings. The average molecular weight is 491 g/mol. The first kappa shape index (κ1) is 24.7. The summed E-state index contributed by atoms with van der Waals surface area (Å²) >= 11 is 0. The van der Waals surface area contributed by atoms with Crippen molar-refractivity contribution in [1.82, 2.24) is 10.2 Å². The Morgan fingerprint density at radius 1 is 1.23 bits per heavy atom. The Bertz CT molecular complexity index is 541. The SMILES string of the molecule is CCNC(=NCCCCC(F)(F)F)N(C)CCOc1ccccc1F.I. The first-order chi connectivity index (χ1) is 11.8. The van der Waals surface area contributed by atoms with Crippen molar-refractivity contribution < 1.29 is 22.3 Å². The van der Waals surface area contributed by atoms with E-state index in [1.807, 2.05) is 6.92 Å². The van der Waals surface area contributed by atoms with Crippen LogP contribution in [0.1, 0.15) is 26.2 Å². The summed E-state index contributed by atoms with van der Waals surface area (Å²) in [6, 6.07) is 6.15. The summed E-state index contributed by atoms with van der Waals surface area (Å²) < 4.78 is 55.2. The number of benzene rings is 1. The predicted octanol–water partition coefficient (Wildman–Crippen LogP) is 4.45. The van der Waals surface area contributed by atoms with E-state index in [2.05, 4.69) is 10.3 Å². The third-order valence-corrected chi connectivity index (χ3v) is 3.35. The fourth-order valence-corrected chi connectivity index (χ4v) is 2.05. The molecule has 0 spiro atoms. The number of guanidine groups is 1. The number of nitrogens with one attached hydrogen (secondary N) is 1. The van der Waals surface area contributed by atoms with E-state index in [4.69, 9.17) is 4.74 Å². The van der Waals surface area contributed by atoms with Gasteiger partial charge in [0.25, 0.3) is 0 Å². The van der Waals surface area contributed by atoms with Gasteiger partial charge >= 0.3 is 6.18 Å². The molecular formula is C17H26F4IN3O. The van der Waals surface area contributed by atoms with E-state index < -0.39 is 18.4 Å². The Morgan fingerprint density at radius 3 is 2.54 bits per heavy atom. The molecule has 26 heavy (non-hydrogen) atoms. The van der Waals surface area contributed by atoms with Gasteiger partial charge in [-0.1, -0.05) is 12.1 Å². The molecule has 0 heterocycles. The zero-order chi connectivity index (χ0) is 18.7. The van der Waals surface area contributed by atoms with Crippen molar-refractivity contribution >= 4 is 29.9 Å². The summed E-state index contributed by atoms with van der Waals surface area (Å²) in [5.41, 5.74) is 0. The van der Waals surface area contributed by atoms with E-state index >= 15 is 0 Å². The van der Waals surface area contributed by atoms with Crippen LogP contribution in [0.15, 0.2) is 29.3 Å². The van der Waals surface area contributed by atoms with Crippen LogP contribution in [-0.4, -0.2) is 50.3 Å². The van der Waals surface area contributed by atoms with Gasteiger partial charge in [0.1, 0.15) is 6.61 Å². The Morgan fingerprint density at radius 2 is 1.92 bits per heavy atom. The van der Waals surface area contributed by atoms with Gasteiger partial charge in [-0.3, -0.25) is 4.99 Å². The molecule has 4 nitrogen and oxygen atoms in total. The number of unbranched alkanes of at least 4 members (excludes halogenated alkanes) is 1. The van der Waals surface area contributed by atoms with Gasteiger partial charge in [-0.05, 0) is 31.9 Å². The van der Waals surface area contributed by atoms with Gasteiger partial charge in [-0.15, -0.1) is 24.0 Å². The number of nitrogens with zero attached hydrogens (tertiary/aromatic N) is 2. The molecule has 1 rings (SSSR count). The summed E-state index contributed by atoms with van der Waals surface area (Å²) in [5, 5.41) is 3.07. The minimum Gasteiger partial charge on any atom is -0.489 e. The van der Waals surface area contributed by atoms with Crippen LogP contribution in [-0.2, 0) is 0 Å². The van der Waals surface area contributed by atoms with Crippen LogP contribution in [0, 0.1) is 5.82 Å². The summed E-state index contributed by atoms with van der Waals surface area (Å²) in [7, 11) is 1.79. The first-order valence-electron chi connectivity index (χ1n) is 8.27. The predicted molar refractivity (Wildman–Crippen MR) is 106 cm³/mol. The van der Waals surface area contributed by atoms with Gasteiger partial charge in [-0.2, -0.15) is 13.2 Å². The maximum Gasteiger partial charge on any atom is 0.389 e. The maximum atomic E-state index is 13.5. The normalized spacial score (nSPS) is 11.7. The van der Waals surface area contributed by atoms with Gasteiger partial charge in [0.05, 0.1) is 6.54 Å². The molecule has 0 radical (unpaired) electrons. The molecule has 0 aliphatic carbocycles. The molecule has 0 atom stereocenters. The Balaban J connectivity index is 0.00000625. The summed E-state index contributed by atoms with van der Waals surface area (Å²) in [6.07, 6.45) is -4.47. The summed E-state index contributed by atoms with van der Waals surface area (Å²) in [5.74, 6) is 0.354. The molecule has 1 aromatic carbocycles. The Hall–Kier alpha value is -1.26. The maximum absolute atomic E-state index is 13.5. The van der Waals surface area contributed by atoms with E-state index in [0.717, 1.165) is 0 Å². The van der Waals surface area contributed by atoms with Crippen molar-refractivity contribution in [3.63, 3.8) is 0 Å². The molecule has 9 heteroatoms. The lowest BCUT2D eigenvalue weighted by Crippen LogP contribution is -2.41. The molecule has 0 unspecified atom stereocenters. The lowest BCUT2D eigenvalue weighted by Gasteiger charge is -2.22. The van der Waals surface area contributed by atoms with Gasteiger partial charge < -0.3 is 15.0 Å². The van der Waals surface area contributed by atoms with Gasteiger partial charge in [0.2, 0.25) is 0 Å². The number of hydrogen-bond donors (Lipinski definition) is 1. The number of aliphatic imine (C=N–C) groups is 1. The average Bonchev–Trinajstić information content (AvgIpc) is 2.54. The molecule has 150 valence electrons. The second kappa shape index (κ2) is 13.0. The molecule has 0 bridgehead atoms. The molecule has 0 saturated heterocycles. The Kier molecular flexibility index (Phi) is 12.4. The molecule has 1 N–H and O–H groups in total. The van der Waals surface area contributed by atoms with E-state index in [0.29, 0.717) is 32.0 Å². The number of rotatable bonds is 9. The van der Waals surface area contributed by atoms with Gasteiger partial charge in [0, 0.05) is 26.6 Å². The fraction of sp³-hybridized carbons (Fsp3) is 0.588. The van der Waals surface area contributed by atoms with Gasteiger partial charge in [0.15, 0.2) is 17.5 Å². The number of halogens is 5. The molecular weight excluding hydrogens is 465 g/mol. The number of likely N-dealkylation sites (N-methyl/N-ethyl adjacent to an activating group) is 1. The van der Waals surface area contributed by atoms with Crippen LogP contribution >= 0.6 is 24.0 Å². The van der Waals surface area contributed by atoms with Crippen LogP contribution < -0.4 is 10.1 Å². The third kappa shape index (κ3) is 10.7. The van der Waals surface area contributed by atoms with E-state index in [-0.39, 0.29) is 42.8 Å². The largest absolute Gasteiger partial charge is 0.489 e. The number of alkyl halides is 3. The number of hydrogen-bond acceptors (Lipinski definition) is 2. The highest BCUT2D eigenvalue weighted by molar-refractivity contribution is 14.0. The van der Waals surface area contributed by atoms with E-state index in [9.17, 15) is 17.6 Å². The van der Waals surface area contributed by atoms with Crippen molar-refractivity contribution in [2.75, 3.05) is 33.3 Å². The topological polar surface area (TPSA) is 36.9 Å². The molecule has 0 amide bonds. The van der Waals surface area contributed by atoms with Crippen LogP contribution in [0.4, 0.5) is 17.6 Å². The van der Waals surface area contributed by atoms with Crippen LogP contribution in [0.2, 0.25) is 0 Å².